The molecule has 2 rings (SSSR count). The number of hydrogen-bond acceptors (Lipinski definition) is 4. The lowest BCUT2D eigenvalue weighted by atomic mass is 10.3. The van der Waals surface area contributed by atoms with Crippen molar-refractivity contribution in [1.29, 1.82) is 0 Å². The summed E-state index contributed by atoms with van der Waals surface area (Å²) >= 11 is 0. The van der Waals surface area contributed by atoms with E-state index in [0.717, 1.165) is 6.07 Å². The van der Waals surface area contributed by atoms with Crippen molar-refractivity contribution >= 4 is 15.8 Å². The minimum atomic E-state index is -4.05. The van der Waals surface area contributed by atoms with Crippen LogP contribution < -0.4 is 4.72 Å². The van der Waals surface area contributed by atoms with Crippen LogP contribution in [0, 0.1) is 5.82 Å². The monoisotopic (exact) mass is 270 g/mol. The van der Waals surface area contributed by atoms with Crippen molar-refractivity contribution in [2.75, 3.05) is 4.72 Å². The number of H-pyrrole nitrogens is 1. The van der Waals surface area contributed by atoms with Gasteiger partial charge in [-0.05, 0) is 18.6 Å². The smallest absolute Gasteiger partial charge is 0.262 e. The quantitative estimate of drug-likeness (QED) is 0.876. The Kier molecular flexibility index (Phi) is 3.28. The highest BCUT2D eigenvalue weighted by Gasteiger charge is 2.22. The predicted molar refractivity (Wildman–Crippen MR) is 63.0 cm³/mol. The van der Waals surface area contributed by atoms with Crippen molar-refractivity contribution in [1.82, 2.24) is 15.2 Å². The van der Waals surface area contributed by atoms with Crippen LogP contribution in [-0.2, 0) is 16.4 Å². The molecule has 0 bridgehead atoms. The zero-order chi connectivity index (χ0) is 13.2. The summed E-state index contributed by atoms with van der Waals surface area (Å²) in [6, 6.07) is 2.36. The Labute approximate surface area is 103 Å². The molecule has 0 unspecified atom stereocenters. The van der Waals surface area contributed by atoms with Crippen LogP contribution in [0.2, 0.25) is 0 Å². The highest BCUT2D eigenvalue weighted by atomic mass is 32.2. The lowest BCUT2D eigenvalue weighted by Gasteiger charge is -2.07. The van der Waals surface area contributed by atoms with Gasteiger partial charge in [0, 0.05) is 11.8 Å². The number of halogens is 1. The second kappa shape index (κ2) is 4.73. The Hall–Kier alpha value is -1.96. The average molecular weight is 270 g/mol. The van der Waals surface area contributed by atoms with E-state index in [9.17, 15) is 12.8 Å². The largest absolute Gasteiger partial charge is 0.283 e. The summed E-state index contributed by atoms with van der Waals surface area (Å²) in [5.41, 5.74) is 0.690. The summed E-state index contributed by atoms with van der Waals surface area (Å²) in [7, 11) is -4.05. The number of pyridine rings is 1. The van der Waals surface area contributed by atoms with Gasteiger partial charge in [0.25, 0.3) is 10.0 Å². The highest BCUT2D eigenvalue weighted by molar-refractivity contribution is 7.92. The topological polar surface area (TPSA) is 87.7 Å². The third-order valence-corrected chi connectivity index (χ3v) is 3.60. The molecule has 8 heteroatoms. The van der Waals surface area contributed by atoms with Crippen LogP contribution in [0.3, 0.4) is 0 Å². The molecular weight excluding hydrogens is 259 g/mol. The van der Waals surface area contributed by atoms with Crippen LogP contribution in [0.1, 0.15) is 12.5 Å². The van der Waals surface area contributed by atoms with E-state index in [-0.39, 0.29) is 5.82 Å². The van der Waals surface area contributed by atoms with Gasteiger partial charge in [-0.25, -0.2) is 9.37 Å². The molecule has 2 N–H and O–H groups in total. The molecule has 0 aliphatic rings. The van der Waals surface area contributed by atoms with Crippen LogP contribution in [0.25, 0.3) is 0 Å². The fraction of sp³-hybridized carbons (Fsp3) is 0.200. The highest BCUT2D eigenvalue weighted by Crippen LogP contribution is 2.18. The lowest BCUT2D eigenvalue weighted by molar-refractivity contribution is 0.556. The van der Waals surface area contributed by atoms with E-state index in [0.29, 0.717) is 12.0 Å². The molecule has 2 aromatic heterocycles. The Balaban J connectivity index is 2.37. The summed E-state index contributed by atoms with van der Waals surface area (Å²) in [4.78, 5) is 3.53. The van der Waals surface area contributed by atoms with Gasteiger partial charge in [-0.3, -0.25) is 9.82 Å². The predicted octanol–water partition coefficient (Wildman–Crippen LogP) is 1.31. The van der Waals surface area contributed by atoms with E-state index in [2.05, 4.69) is 19.9 Å². The van der Waals surface area contributed by atoms with Crippen molar-refractivity contribution in [3.8, 4) is 0 Å². The van der Waals surface area contributed by atoms with Crippen molar-refractivity contribution in [3.05, 3.63) is 35.9 Å². The van der Waals surface area contributed by atoms with Gasteiger partial charge in [0.2, 0.25) is 5.03 Å². The zero-order valence-corrected chi connectivity index (χ0v) is 10.3. The fourth-order valence-corrected chi connectivity index (χ4v) is 2.49. The number of nitrogens with zero attached hydrogens (tertiary/aromatic N) is 2. The molecule has 0 saturated carbocycles. The summed E-state index contributed by atoms with van der Waals surface area (Å²) in [5, 5.41) is 5.60. The molecule has 6 nitrogen and oxygen atoms in total. The van der Waals surface area contributed by atoms with E-state index in [1.807, 2.05) is 6.92 Å². The summed E-state index contributed by atoms with van der Waals surface area (Å²) in [6.45, 7) is 1.85. The first-order chi connectivity index (χ1) is 8.54. The average Bonchev–Trinajstić information content (AvgIpc) is 2.76. The van der Waals surface area contributed by atoms with Gasteiger partial charge < -0.3 is 0 Å². The fourth-order valence-electron chi connectivity index (χ4n) is 1.42. The third kappa shape index (κ3) is 2.33. The molecule has 2 heterocycles. The van der Waals surface area contributed by atoms with Gasteiger partial charge in [0.1, 0.15) is 5.82 Å². The van der Waals surface area contributed by atoms with Crippen LogP contribution in [0.5, 0.6) is 0 Å². The molecule has 0 saturated heterocycles. The van der Waals surface area contributed by atoms with Crippen LogP contribution in [0.4, 0.5) is 10.2 Å². The van der Waals surface area contributed by atoms with Crippen molar-refractivity contribution < 1.29 is 12.8 Å². The number of sulfonamides is 1. The number of aromatic nitrogens is 3. The molecule has 0 radical (unpaired) electrons. The van der Waals surface area contributed by atoms with E-state index in [1.54, 1.807) is 0 Å². The first-order valence-corrected chi connectivity index (χ1v) is 6.68. The second-order valence-corrected chi connectivity index (χ2v) is 5.12. The van der Waals surface area contributed by atoms with E-state index >= 15 is 0 Å². The van der Waals surface area contributed by atoms with Crippen molar-refractivity contribution in [2.24, 2.45) is 0 Å². The summed E-state index contributed by atoms with van der Waals surface area (Å²) in [5.74, 6) is -0.676. The molecule has 0 atom stereocenters. The summed E-state index contributed by atoms with van der Waals surface area (Å²) < 4.78 is 39.5. The zero-order valence-electron chi connectivity index (χ0n) is 9.51. The molecule has 18 heavy (non-hydrogen) atoms. The normalized spacial score (nSPS) is 11.4. The van der Waals surface area contributed by atoms with Gasteiger partial charge in [0.15, 0.2) is 5.82 Å². The molecule has 2 aromatic rings. The van der Waals surface area contributed by atoms with Crippen LogP contribution in [0.15, 0.2) is 29.6 Å². The number of aryl methyl sites for hydroxylation is 1. The first-order valence-electron chi connectivity index (χ1n) is 5.20. The lowest BCUT2D eigenvalue weighted by Crippen LogP contribution is -2.17. The van der Waals surface area contributed by atoms with Crippen LogP contribution >= 0.6 is 0 Å². The van der Waals surface area contributed by atoms with Gasteiger partial charge in [0.05, 0.1) is 6.20 Å². The van der Waals surface area contributed by atoms with Gasteiger partial charge in [-0.2, -0.15) is 13.5 Å². The van der Waals surface area contributed by atoms with E-state index in [4.69, 9.17) is 0 Å². The summed E-state index contributed by atoms with van der Waals surface area (Å²) in [6.07, 6.45) is 3.32. The van der Waals surface area contributed by atoms with Crippen molar-refractivity contribution in [3.63, 3.8) is 0 Å². The molecule has 0 amide bonds. The SMILES string of the molecule is CCc1cn[nH]c1NS(=O)(=O)c1ncccc1F. The van der Waals surface area contributed by atoms with E-state index in [1.165, 1.54) is 18.5 Å². The van der Waals surface area contributed by atoms with Gasteiger partial charge in [-0.15, -0.1) is 0 Å². The Bertz CT molecular complexity index is 653. The Morgan fingerprint density at radius 1 is 1.50 bits per heavy atom. The Morgan fingerprint density at radius 3 is 2.94 bits per heavy atom. The molecule has 0 aliphatic heterocycles. The van der Waals surface area contributed by atoms with Crippen molar-refractivity contribution in [2.45, 2.75) is 18.4 Å². The molecule has 0 fully saturated rings. The first kappa shape index (κ1) is 12.5. The molecule has 0 aromatic carbocycles. The third-order valence-electron chi connectivity index (χ3n) is 2.31. The maximum Gasteiger partial charge on any atom is 0.283 e. The molecule has 96 valence electrons. The number of rotatable bonds is 4. The van der Waals surface area contributed by atoms with Gasteiger partial charge in [-0.1, -0.05) is 6.92 Å². The van der Waals surface area contributed by atoms with Crippen LogP contribution in [-0.4, -0.2) is 23.6 Å². The number of anilines is 1. The maximum atomic E-state index is 13.4. The van der Waals surface area contributed by atoms with Gasteiger partial charge >= 0.3 is 0 Å². The maximum absolute atomic E-state index is 13.4. The second-order valence-electron chi connectivity index (χ2n) is 3.52. The minimum absolute atomic E-state index is 0.225. The molecular formula is C10H11FN4O2S. The number of hydrogen-bond donors (Lipinski definition) is 2. The van der Waals surface area contributed by atoms with E-state index < -0.39 is 20.9 Å². The standard InChI is InChI=1S/C10H11FN4O2S/c1-2-7-6-13-14-9(7)15-18(16,17)10-8(11)4-3-5-12-10/h3-6H,2H2,1H3,(H2,13,14,15). The molecule has 0 aliphatic carbocycles. The minimum Gasteiger partial charge on any atom is -0.262 e. The molecule has 0 spiro atoms. The number of aromatic amines is 1. The Morgan fingerprint density at radius 2 is 2.28 bits per heavy atom. The number of nitrogens with one attached hydrogen (secondary N) is 2.